The fourth-order valence-corrected chi connectivity index (χ4v) is 2.85. The second-order valence-electron chi connectivity index (χ2n) is 5.09. The van der Waals surface area contributed by atoms with E-state index >= 15 is 0 Å². The molecule has 0 saturated carbocycles. The van der Waals surface area contributed by atoms with Crippen LogP contribution in [0, 0.1) is 0 Å². The van der Waals surface area contributed by atoms with Crippen molar-refractivity contribution in [3.05, 3.63) is 24.3 Å². The largest absolute Gasteiger partial charge is 0.337 e. The first-order valence-corrected chi connectivity index (χ1v) is 10.4. The first-order chi connectivity index (χ1) is 11.1. The Morgan fingerprint density at radius 2 is 1.75 bits per heavy atom. The number of carbonyl (C=O) groups excluding carboxylic acids is 1. The lowest BCUT2D eigenvalue weighted by atomic mass is 10.3. The van der Waals surface area contributed by atoms with E-state index in [9.17, 15) is 21.6 Å². The summed E-state index contributed by atoms with van der Waals surface area (Å²) in [6, 6.07) is 5.57. The lowest BCUT2D eigenvalue weighted by Crippen LogP contribution is -2.33. The van der Waals surface area contributed by atoms with Crippen molar-refractivity contribution in [1.82, 2.24) is 9.62 Å². The van der Waals surface area contributed by atoms with Crippen LogP contribution < -0.4 is 15.4 Å². The summed E-state index contributed by atoms with van der Waals surface area (Å²) in [5, 5.41) is 4.94. The molecule has 0 radical (unpaired) electrons. The van der Waals surface area contributed by atoms with Crippen molar-refractivity contribution in [2.45, 2.75) is 6.92 Å². The Balaban J connectivity index is 2.63. The highest BCUT2D eigenvalue weighted by Gasteiger charge is 2.13. The molecule has 0 fully saturated rings. The molecule has 0 saturated heterocycles. The zero-order valence-corrected chi connectivity index (χ0v) is 15.4. The van der Waals surface area contributed by atoms with Gasteiger partial charge in [-0.05, 0) is 18.2 Å². The van der Waals surface area contributed by atoms with Gasteiger partial charge in [-0.15, -0.1) is 0 Å². The topological polar surface area (TPSA) is 125 Å². The maximum atomic E-state index is 11.8. The van der Waals surface area contributed by atoms with Crippen molar-refractivity contribution >= 4 is 37.5 Å². The quantitative estimate of drug-likeness (QED) is 0.606. The number of benzene rings is 1. The van der Waals surface area contributed by atoms with Gasteiger partial charge in [0.05, 0.1) is 11.4 Å². The SMILES string of the molecule is CCS(=O)(=O)CCNC(=O)Nc1cccc(NS(=O)(=O)N(C)C)c1. The van der Waals surface area contributed by atoms with E-state index in [1.54, 1.807) is 12.1 Å². The Morgan fingerprint density at radius 1 is 1.12 bits per heavy atom. The van der Waals surface area contributed by atoms with Crippen molar-refractivity contribution < 1.29 is 21.6 Å². The monoisotopic (exact) mass is 378 g/mol. The maximum absolute atomic E-state index is 11.8. The Morgan fingerprint density at radius 3 is 2.33 bits per heavy atom. The smallest absolute Gasteiger partial charge is 0.319 e. The first-order valence-electron chi connectivity index (χ1n) is 7.11. The van der Waals surface area contributed by atoms with Crippen LogP contribution in [0.5, 0.6) is 0 Å². The van der Waals surface area contributed by atoms with Crippen molar-refractivity contribution in [3.8, 4) is 0 Å². The molecule has 1 rings (SSSR count). The van der Waals surface area contributed by atoms with Crippen molar-refractivity contribution in [1.29, 1.82) is 0 Å². The van der Waals surface area contributed by atoms with E-state index in [1.807, 2.05) is 0 Å². The zero-order valence-electron chi connectivity index (χ0n) is 13.7. The summed E-state index contributed by atoms with van der Waals surface area (Å²) in [5.41, 5.74) is 0.653. The third kappa shape index (κ3) is 6.72. The Bertz CT molecular complexity index is 775. The number of carbonyl (C=O) groups is 1. The van der Waals surface area contributed by atoms with E-state index in [0.717, 1.165) is 4.31 Å². The summed E-state index contributed by atoms with van der Waals surface area (Å²) in [6.45, 7) is 1.53. The number of rotatable bonds is 8. The van der Waals surface area contributed by atoms with Crippen molar-refractivity contribution in [3.63, 3.8) is 0 Å². The number of amides is 2. The predicted molar refractivity (Wildman–Crippen MR) is 94.0 cm³/mol. The van der Waals surface area contributed by atoms with E-state index < -0.39 is 26.1 Å². The van der Waals surface area contributed by atoms with Gasteiger partial charge in [-0.3, -0.25) is 4.72 Å². The zero-order chi connectivity index (χ0) is 18.4. The molecule has 24 heavy (non-hydrogen) atoms. The summed E-state index contributed by atoms with van der Waals surface area (Å²) in [6.07, 6.45) is 0. The lowest BCUT2D eigenvalue weighted by Gasteiger charge is -2.14. The summed E-state index contributed by atoms with van der Waals surface area (Å²) < 4.78 is 49.5. The Labute approximate surface area is 142 Å². The molecule has 0 bridgehead atoms. The minimum atomic E-state index is -3.64. The molecule has 3 N–H and O–H groups in total. The van der Waals surface area contributed by atoms with Gasteiger partial charge in [0.15, 0.2) is 9.84 Å². The molecular formula is C13H22N4O5S2. The number of hydrogen-bond acceptors (Lipinski definition) is 5. The van der Waals surface area contributed by atoms with Gasteiger partial charge in [0.2, 0.25) is 0 Å². The molecular weight excluding hydrogens is 356 g/mol. The number of nitrogens with zero attached hydrogens (tertiary/aromatic N) is 1. The molecule has 0 aliphatic heterocycles. The number of nitrogens with one attached hydrogen (secondary N) is 3. The van der Waals surface area contributed by atoms with E-state index in [0.29, 0.717) is 5.69 Å². The normalized spacial score (nSPS) is 12.0. The highest BCUT2D eigenvalue weighted by Crippen LogP contribution is 2.16. The van der Waals surface area contributed by atoms with Crippen LogP contribution in [0.1, 0.15) is 6.92 Å². The highest BCUT2D eigenvalue weighted by molar-refractivity contribution is 7.91. The molecule has 0 atom stereocenters. The van der Waals surface area contributed by atoms with Gasteiger partial charge >= 0.3 is 16.2 Å². The first kappa shape index (κ1) is 20.2. The summed E-state index contributed by atoms with van der Waals surface area (Å²) in [7, 11) is -4.01. The predicted octanol–water partition coefficient (Wildman–Crippen LogP) is 0.461. The average molecular weight is 378 g/mol. The van der Waals surface area contributed by atoms with Gasteiger partial charge in [0, 0.05) is 32.1 Å². The van der Waals surface area contributed by atoms with Crippen LogP contribution in [0.25, 0.3) is 0 Å². The number of anilines is 2. The van der Waals surface area contributed by atoms with Crippen LogP contribution >= 0.6 is 0 Å². The van der Waals surface area contributed by atoms with E-state index in [4.69, 9.17) is 0 Å². The molecule has 2 amide bonds. The third-order valence-electron chi connectivity index (χ3n) is 2.99. The maximum Gasteiger partial charge on any atom is 0.319 e. The molecule has 0 aliphatic rings. The van der Waals surface area contributed by atoms with Gasteiger partial charge < -0.3 is 10.6 Å². The van der Waals surface area contributed by atoms with Gasteiger partial charge in [0.1, 0.15) is 0 Å². The second kappa shape index (κ2) is 8.31. The number of sulfone groups is 1. The van der Waals surface area contributed by atoms with Gasteiger partial charge in [0.25, 0.3) is 0 Å². The van der Waals surface area contributed by atoms with Crippen molar-refractivity contribution in [2.24, 2.45) is 0 Å². The molecule has 11 heteroatoms. The standard InChI is InChI=1S/C13H22N4O5S2/c1-4-23(19,20)9-8-14-13(18)15-11-6-5-7-12(10-11)16-24(21,22)17(2)3/h5-7,10,16H,4,8-9H2,1-3H3,(H2,14,15,18). The Hall–Kier alpha value is -1.85. The molecule has 9 nitrogen and oxygen atoms in total. The Kier molecular flexibility index (Phi) is 6.99. The second-order valence-corrected chi connectivity index (χ2v) is 9.44. The van der Waals surface area contributed by atoms with Crippen LogP contribution in [-0.4, -0.2) is 59.3 Å². The van der Waals surface area contributed by atoms with Crippen LogP contribution in [0.3, 0.4) is 0 Å². The fraction of sp³-hybridized carbons (Fsp3) is 0.462. The van der Waals surface area contributed by atoms with Gasteiger partial charge in [-0.2, -0.15) is 12.7 Å². The highest BCUT2D eigenvalue weighted by atomic mass is 32.2. The number of urea groups is 1. The van der Waals surface area contributed by atoms with Crippen molar-refractivity contribution in [2.75, 3.05) is 42.2 Å². The molecule has 0 spiro atoms. The van der Waals surface area contributed by atoms with Crippen LogP contribution in [-0.2, 0) is 20.0 Å². The van der Waals surface area contributed by atoms with Crippen LogP contribution in [0.4, 0.5) is 16.2 Å². The fourth-order valence-electron chi connectivity index (χ4n) is 1.54. The lowest BCUT2D eigenvalue weighted by molar-refractivity contribution is 0.252. The van der Waals surface area contributed by atoms with E-state index in [2.05, 4.69) is 15.4 Å². The molecule has 0 heterocycles. The molecule has 0 aliphatic carbocycles. The van der Waals surface area contributed by atoms with Gasteiger partial charge in [-0.1, -0.05) is 13.0 Å². The molecule has 1 aromatic carbocycles. The minimum Gasteiger partial charge on any atom is -0.337 e. The average Bonchev–Trinajstić information content (AvgIpc) is 2.46. The molecule has 0 aromatic heterocycles. The third-order valence-corrected chi connectivity index (χ3v) is 6.15. The number of hydrogen-bond donors (Lipinski definition) is 3. The molecule has 1 aromatic rings. The van der Waals surface area contributed by atoms with E-state index in [1.165, 1.54) is 33.2 Å². The van der Waals surface area contributed by atoms with Crippen LogP contribution in [0.15, 0.2) is 24.3 Å². The van der Waals surface area contributed by atoms with E-state index in [-0.39, 0.29) is 23.7 Å². The van der Waals surface area contributed by atoms with Gasteiger partial charge in [-0.25, -0.2) is 13.2 Å². The summed E-state index contributed by atoms with van der Waals surface area (Å²) >= 11 is 0. The van der Waals surface area contributed by atoms with Crippen LogP contribution in [0.2, 0.25) is 0 Å². The summed E-state index contributed by atoms with van der Waals surface area (Å²) in [5.74, 6) is -0.121. The minimum absolute atomic E-state index is 0.00500. The molecule has 136 valence electrons. The summed E-state index contributed by atoms with van der Waals surface area (Å²) in [4.78, 5) is 11.7. The molecule has 0 unspecified atom stereocenters.